The smallest absolute Gasteiger partial charge is 0.303 e. The highest BCUT2D eigenvalue weighted by atomic mass is 32.2. The molecule has 2 aliphatic rings. The summed E-state index contributed by atoms with van der Waals surface area (Å²) in [6.45, 7) is 0.759. The number of amides is 1. The van der Waals surface area contributed by atoms with Gasteiger partial charge in [0.15, 0.2) is 0 Å². The van der Waals surface area contributed by atoms with Gasteiger partial charge in [-0.2, -0.15) is 11.8 Å². The molecule has 2 rings (SSSR count). The van der Waals surface area contributed by atoms with Gasteiger partial charge in [-0.1, -0.05) is 19.3 Å². The van der Waals surface area contributed by atoms with Gasteiger partial charge >= 0.3 is 5.97 Å². The van der Waals surface area contributed by atoms with Crippen LogP contribution >= 0.6 is 11.8 Å². The van der Waals surface area contributed by atoms with E-state index in [1.165, 1.54) is 18.6 Å². The van der Waals surface area contributed by atoms with Gasteiger partial charge in [0.1, 0.15) is 0 Å². The molecule has 1 aliphatic carbocycles. The molecule has 1 saturated carbocycles. The molecule has 0 spiro atoms. The zero-order valence-corrected chi connectivity index (χ0v) is 12.8. The zero-order chi connectivity index (χ0) is 14.4. The average molecular weight is 299 g/mol. The first-order valence-corrected chi connectivity index (χ1v) is 8.81. The van der Waals surface area contributed by atoms with Crippen molar-refractivity contribution in [1.29, 1.82) is 0 Å². The first-order chi connectivity index (χ1) is 9.60. The van der Waals surface area contributed by atoms with Crippen molar-refractivity contribution in [3.05, 3.63) is 0 Å². The van der Waals surface area contributed by atoms with Crippen LogP contribution in [-0.2, 0) is 9.59 Å². The molecule has 5 heteroatoms. The number of carboxylic acids is 1. The molecule has 1 unspecified atom stereocenters. The van der Waals surface area contributed by atoms with E-state index >= 15 is 0 Å². The second kappa shape index (κ2) is 7.34. The van der Waals surface area contributed by atoms with E-state index in [0.29, 0.717) is 12.3 Å². The van der Waals surface area contributed by atoms with E-state index in [9.17, 15) is 9.59 Å². The van der Waals surface area contributed by atoms with E-state index in [0.717, 1.165) is 38.0 Å². The Labute approximate surface area is 125 Å². The molecule has 0 bridgehead atoms. The van der Waals surface area contributed by atoms with Crippen molar-refractivity contribution < 1.29 is 14.7 Å². The molecule has 1 amide bonds. The van der Waals surface area contributed by atoms with Crippen LogP contribution in [0.3, 0.4) is 0 Å². The number of nitrogens with one attached hydrogen (secondary N) is 1. The first-order valence-electron chi connectivity index (χ1n) is 7.66. The molecular formula is C15H25NO3S. The van der Waals surface area contributed by atoms with Gasteiger partial charge < -0.3 is 10.4 Å². The van der Waals surface area contributed by atoms with E-state index in [4.69, 9.17) is 5.11 Å². The fourth-order valence-corrected chi connectivity index (χ4v) is 4.73. The van der Waals surface area contributed by atoms with E-state index < -0.39 is 5.97 Å². The van der Waals surface area contributed by atoms with Crippen molar-refractivity contribution >= 4 is 23.6 Å². The standard InChI is InChI=1S/C15H25NO3S/c17-13(16-10-12-4-7-20-11-12)8-15(9-14(18)19)5-2-1-3-6-15/h12H,1-11H2,(H,16,17)(H,18,19). The van der Waals surface area contributed by atoms with Gasteiger partial charge in [-0.25, -0.2) is 0 Å². The van der Waals surface area contributed by atoms with Gasteiger partial charge in [0.05, 0.1) is 6.42 Å². The van der Waals surface area contributed by atoms with E-state index in [1.54, 1.807) is 0 Å². The minimum Gasteiger partial charge on any atom is -0.481 e. The molecule has 20 heavy (non-hydrogen) atoms. The Bertz CT molecular complexity index is 347. The lowest BCUT2D eigenvalue weighted by Crippen LogP contribution is -2.37. The molecule has 0 aromatic heterocycles. The Kier molecular flexibility index (Phi) is 5.75. The molecule has 0 aromatic carbocycles. The lowest BCUT2D eigenvalue weighted by Gasteiger charge is -2.35. The maximum Gasteiger partial charge on any atom is 0.303 e. The fraction of sp³-hybridized carbons (Fsp3) is 0.867. The van der Waals surface area contributed by atoms with Gasteiger partial charge in [0.25, 0.3) is 0 Å². The molecule has 1 atom stereocenters. The Morgan fingerprint density at radius 3 is 2.55 bits per heavy atom. The third-order valence-corrected chi connectivity index (χ3v) is 5.82. The minimum absolute atomic E-state index is 0.0463. The summed E-state index contributed by atoms with van der Waals surface area (Å²) in [6, 6.07) is 0. The van der Waals surface area contributed by atoms with Crippen molar-refractivity contribution in [2.24, 2.45) is 11.3 Å². The van der Waals surface area contributed by atoms with Crippen LogP contribution in [0.25, 0.3) is 0 Å². The molecule has 2 fully saturated rings. The van der Waals surface area contributed by atoms with E-state index in [2.05, 4.69) is 5.32 Å². The number of aliphatic carboxylic acids is 1. The van der Waals surface area contributed by atoms with Crippen molar-refractivity contribution in [3.63, 3.8) is 0 Å². The summed E-state index contributed by atoms with van der Waals surface area (Å²) in [5.74, 6) is 2.21. The molecule has 4 nitrogen and oxygen atoms in total. The largest absolute Gasteiger partial charge is 0.481 e. The molecule has 1 aliphatic heterocycles. The van der Waals surface area contributed by atoms with Crippen LogP contribution in [0, 0.1) is 11.3 Å². The second-order valence-electron chi connectivity index (χ2n) is 6.34. The normalized spacial score (nSPS) is 25.3. The Morgan fingerprint density at radius 1 is 1.20 bits per heavy atom. The zero-order valence-electron chi connectivity index (χ0n) is 12.0. The summed E-state index contributed by atoms with van der Waals surface area (Å²) < 4.78 is 0. The SMILES string of the molecule is O=C(O)CC1(CC(=O)NCC2CCSC2)CCCCC1. The van der Waals surface area contributed by atoms with E-state index in [1.807, 2.05) is 11.8 Å². The van der Waals surface area contributed by atoms with Gasteiger partial charge in [0.2, 0.25) is 5.91 Å². The second-order valence-corrected chi connectivity index (χ2v) is 7.49. The molecule has 1 saturated heterocycles. The van der Waals surface area contributed by atoms with Crippen LogP contribution in [0.2, 0.25) is 0 Å². The predicted molar refractivity (Wildman–Crippen MR) is 80.8 cm³/mol. The molecule has 0 radical (unpaired) electrons. The first kappa shape index (κ1) is 15.7. The van der Waals surface area contributed by atoms with Gasteiger partial charge in [-0.05, 0) is 42.1 Å². The quantitative estimate of drug-likeness (QED) is 0.791. The third kappa shape index (κ3) is 4.69. The Hall–Kier alpha value is -0.710. The maximum atomic E-state index is 12.1. The lowest BCUT2D eigenvalue weighted by atomic mass is 9.69. The number of thioether (sulfide) groups is 1. The summed E-state index contributed by atoms with van der Waals surface area (Å²) in [4.78, 5) is 23.2. The summed E-state index contributed by atoms with van der Waals surface area (Å²) in [5, 5.41) is 12.1. The number of hydrogen-bond acceptors (Lipinski definition) is 3. The lowest BCUT2D eigenvalue weighted by molar-refractivity contribution is -0.141. The van der Waals surface area contributed by atoms with Crippen LogP contribution in [0.15, 0.2) is 0 Å². The van der Waals surface area contributed by atoms with Crippen LogP contribution in [0.5, 0.6) is 0 Å². The Morgan fingerprint density at radius 2 is 1.95 bits per heavy atom. The Balaban J connectivity index is 1.82. The summed E-state index contributed by atoms with van der Waals surface area (Å²) in [5.41, 5.74) is -0.293. The summed E-state index contributed by atoms with van der Waals surface area (Å²) in [6.07, 6.45) is 6.75. The summed E-state index contributed by atoms with van der Waals surface area (Å²) in [7, 11) is 0. The van der Waals surface area contributed by atoms with Crippen LogP contribution < -0.4 is 5.32 Å². The molecule has 2 N–H and O–H groups in total. The highest BCUT2D eigenvalue weighted by molar-refractivity contribution is 7.99. The topological polar surface area (TPSA) is 66.4 Å². The van der Waals surface area contributed by atoms with Gasteiger partial charge in [-0.15, -0.1) is 0 Å². The van der Waals surface area contributed by atoms with Crippen LogP contribution in [0.1, 0.15) is 51.4 Å². The molecular weight excluding hydrogens is 274 g/mol. The monoisotopic (exact) mass is 299 g/mol. The maximum absolute atomic E-state index is 12.1. The van der Waals surface area contributed by atoms with Gasteiger partial charge in [0, 0.05) is 13.0 Å². The fourth-order valence-electron chi connectivity index (χ4n) is 3.44. The van der Waals surface area contributed by atoms with E-state index in [-0.39, 0.29) is 17.7 Å². The number of carbonyl (C=O) groups is 2. The number of carboxylic acid groups (broad SMARTS) is 1. The molecule has 0 aromatic rings. The minimum atomic E-state index is -0.771. The highest BCUT2D eigenvalue weighted by Gasteiger charge is 2.36. The van der Waals surface area contributed by atoms with Crippen molar-refractivity contribution in [2.45, 2.75) is 51.4 Å². The van der Waals surface area contributed by atoms with Crippen molar-refractivity contribution in [1.82, 2.24) is 5.32 Å². The van der Waals surface area contributed by atoms with Crippen molar-refractivity contribution in [2.75, 3.05) is 18.1 Å². The van der Waals surface area contributed by atoms with Gasteiger partial charge in [-0.3, -0.25) is 9.59 Å². The number of carbonyl (C=O) groups excluding carboxylic acids is 1. The molecule has 114 valence electrons. The average Bonchev–Trinajstić information content (AvgIpc) is 2.89. The number of hydrogen-bond donors (Lipinski definition) is 2. The predicted octanol–water partition coefficient (Wildman–Crippen LogP) is 2.67. The molecule has 1 heterocycles. The van der Waals surface area contributed by atoms with Crippen molar-refractivity contribution in [3.8, 4) is 0 Å². The van der Waals surface area contributed by atoms with Crippen LogP contribution in [-0.4, -0.2) is 35.0 Å². The third-order valence-electron chi connectivity index (χ3n) is 4.59. The van der Waals surface area contributed by atoms with Crippen LogP contribution in [0.4, 0.5) is 0 Å². The summed E-state index contributed by atoms with van der Waals surface area (Å²) >= 11 is 1.95. The highest BCUT2D eigenvalue weighted by Crippen LogP contribution is 2.42. The number of rotatable bonds is 6.